The molecule has 0 N–H and O–H groups in total. The van der Waals surface area contributed by atoms with Gasteiger partial charge in [0.15, 0.2) is 10.9 Å². The maximum absolute atomic E-state index is 11.9. The molecular weight excluding hydrogens is 302 g/mol. The molecule has 3 heterocycles. The fraction of sp³-hybridized carbons (Fsp3) is 0.467. The molecule has 6 heteroatoms. The minimum atomic E-state index is 0.284. The van der Waals surface area contributed by atoms with Crippen LogP contribution in [-0.4, -0.2) is 48.4 Å². The average molecular weight is 321 g/mol. The second-order valence-corrected chi connectivity index (χ2v) is 6.97. The lowest BCUT2D eigenvalue weighted by Gasteiger charge is -2.34. The molecule has 3 rings (SSSR count). The summed E-state index contributed by atoms with van der Waals surface area (Å²) in [4.78, 5) is 22.0. The number of hydrogen-bond acceptors (Lipinski definition) is 6. The van der Waals surface area contributed by atoms with Crippen molar-refractivity contribution in [3.63, 3.8) is 0 Å². The number of anilines is 1. The SMILES string of the molecule is O=C(CCCN1CCN(c2nccs2)CC1)c1cccs1. The van der Waals surface area contributed by atoms with Crippen molar-refractivity contribution in [3.8, 4) is 0 Å². The molecule has 2 aromatic heterocycles. The fourth-order valence-corrected chi connectivity index (χ4v) is 3.95. The number of hydrogen-bond donors (Lipinski definition) is 0. The average Bonchev–Trinajstić information content (AvgIpc) is 3.21. The molecule has 0 amide bonds. The van der Waals surface area contributed by atoms with Gasteiger partial charge in [-0.05, 0) is 24.4 Å². The highest BCUT2D eigenvalue weighted by molar-refractivity contribution is 7.13. The number of carbonyl (C=O) groups is 1. The van der Waals surface area contributed by atoms with Gasteiger partial charge in [0.25, 0.3) is 0 Å². The maximum Gasteiger partial charge on any atom is 0.185 e. The molecular formula is C15H19N3OS2. The lowest BCUT2D eigenvalue weighted by Crippen LogP contribution is -2.46. The summed E-state index contributed by atoms with van der Waals surface area (Å²) in [7, 11) is 0. The normalized spacial score (nSPS) is 16.3. The summed E-state index contributed by atoms with van der Waals surface area (Å²) in [5.74, 6) is 0.284. The molecule has 1 fully saturated rings. The number of nitrogens with zero attached hydrogens (tertiary/aromatic N) is 3. The first-order valence-electron chi connectivity index (χ1n) is 7.26. The molecule has 0 spiro atoms. The Morgan fingerprint density at radius 3 is 2.71 bits per heavy atom. The van der Waals surface area contributed by atoms with Crippen molar-refractivity contribution >= 4 is 33.6 Å². The van der Waals surface area contributed by atoms with Crippen molar-refractivity contribution in [2.75, 3.05) is 37.6 Å². The van der Waals surface area contributed by atoms with E-state index in [-0.39, 0.29) is 5.78 Å². The van der Waals surface area contributed by atoms with Gasteiger partial charge in [-0.1, -0.05) is 6.07 Å². The maximum atomic E-state index is 11.9. The van der Waals surface area contributed by atoms with E-state index in [9.17, 15) is 4.79 Å². The van der Waals surface area contributed by atoms with E-state index in [1.165, 1.54) is 0 Å². The van der Waals surface area contributed by atoms with Crippen LogP contribution in [0.15, 0.2) is 29.1 Å². The van der Waals surface area contributed by atoms with E-state index < -0.39 is 0 Å². The molecule has 0 saturated carbocycles. The summed E-state index contributed by atoms with van der Waals surface area (Å²) in [5, 5.41) is 5.12. The van der Waals surface area contributed by atoms with Crippen LogP contribution in [0.5, 0.6) is 0 Å². The molecule has 2 aromatic rings. The van der Waals surface area contributed by atoms with Crippen molar-refractivity contribution in [2.24, 2.45) is 0 Å². The number of thiazole rings is 1. The third kappa shape index (κ3) is 3.90. The Balaban J connectivity index is 1.37. The van der Waals surface area contributed by atoms with Crippen molar-refractivity contribution < 1.29 is 4.79 Å². The van der Waals surface area contributed by atoms with Gasteiger partial charge in [-0.3, -0.25) is 9.69 Å². The number of aromatic nitrogens is 1. The van der Waals surface area contributed by atoms with Gasteiger partial charge in [-0.25, -0.2) is 4.98 Å². The molecule has 0 aromatic carbocycles. The summed E-state index contributed by atoms with van der Waals surface area (Å²) >= 11 is 3.24. The molecule has 0 bridgehead atoms. The van der Waals surface area contributed by atoms with Gasteiger partial charge in [0.2, 0.25) is 0 Å². The minimum Gasteiger partial charge on any atom is -0.346 e. The second kappa shape index (κ2) is 7.15. The number of thiophene rings is 1. The topological polar surface area (TPSA) is 36.4 Å². The van der Waals surface area contributed by atoms with Crippen LogP contribution in [-0.2, 0) is 0 Å². The van der Waals surface area contributed by atoms with Crippen LogP contribution in [0.4, 0.5) is 5.13 Å². The van der Waals surface area contributed by atoms with Gasteiger partial charge in [-0.2, -0.15) is 0 Å². The Kier molecular flexibility index (Phi) is 5.00. The number of Topliss-reactive ketones (excluding diaryl/α,β-unsaturated/α-hetero) is 1. The van der Waals surface area contributed by atoms with Gasteiger partial charge in [0.05, 0.1) is 4.88 Å². The standard InChI is InChI=1S/C15H19N3OS2/c19-13(14-4-2-11-20-14)3-1-6-17-7-9-18(10-8-17)15-16-5-12-21-15/h2,4-5,11-12H,1,3,6-10H2. The molecule has 0 radical (unpaired) electrons. The Morgan fingerprint density at radius 1 is 1.19 bits per heavy atom. The molecule has 1 aliphatic rings. The highest BCUT2D eigenvalue weighted by Crippen LogP contribution is 2.19. The Bertz CT molecular complexity index is 546. The second-order valence-electron chi connectivity index (χ2n) is 5.15. The molecule has 0 unspecified atom stereocenters. The van der Waals surface area contributed by atoms with Crippen LogP contribution >= 0.6 is 22.7 Å². The molecule has 0 atom stereocenters. The van der Waals surface area contributed by atoms with E-state index in [2.05, 4.69) is 14.8 Å². The third-order valence-corrected chi connectivity index (χ3v) is 5.48. The summed E-state index contributed by atoms with van der Waals surface area (Å²) in [6, 6.07) is 3.86. The molecule has 21 heavy (non-hydrogen) atoms. The number of ketones is 1. The molecule has 1 aliphatic heterocycles. The largest absolute Gasteiger partial charge is 0.346 e. The molecule has 4 nitrogen and oxygen atoms in total. The monoisotopic (exact) mass is 321 g/mol. The van der Waals surface area contributed by atoms with Crippen molar-refractivity contribution in [1.29, 1.82) is 0 Å². The number of rotatable bonds is 6. The summed E-state index contributed by atoms with van der Waals surface area (Å²) in [6.07, 6.45) is 3.48. The lowest BCUT2D eigenvalue weighted by molar-refractivity contribution is 0.0978. The predicted molar refractivity (Wildman–Crippen MR) is 88.7 cm³/mol. The predicted octanol–water partition coefficient (Wildman–Crippen LogP) is 2.99. The summed E-state index contributed by atoms with van der Waals surface area (Å²) in [6.45, 7) is 5.21. The lowest BCUT2D eigenvalue weighted by atomic mass is 10.2. The van der Waals surface area contributed by atoms with Crippen molar-refractivity contribution in [1.82, 2.24) is 9.88 Å². The van der Waals surface area contributed by atoms with E-state index in [1.807, 2.05) is 29.1 Å². The van der Waals surface area contributed by atoms with Crippen LogP contribution in [0.3, 0.4) is 0 Å². The summed E-state index contributed by atoms with van der Waals surface area (Å²) in [5.41, 5.74) is 0. The van der Waals surface area contributed by atoms with Crippen LogP contribution < -0.4 is 4.90 Å². The van der Waals surface area contributed by atoms with Crippen molar-refractivity contribution in [3.05, 3.63) is 34.0 Å². The summed E-state index contributed by atoms with van der Waals surface area (Å²) < 4.78 is 0. The van der Waals surface area contributed by atoms with Crippen molar-refractivity contribution in [2.45, 2.75) is 12.8 Å². The van der Waals surface area contributed by atoms with Gasteiger partial charge < -0.3 is 4.90 Å². The first-order valence-corrected chi connectivity index (χ1v) is 9.02. The Labute approximate surface area is 133 Å². The Hall–Kier alpha value is -1.24. The zero-order chi connectivity index (χ0) is 14.5. The van der Waals surface area contributed by atoms with Gasteiger partial charge in [0, 0.05) is 44.2 Å². The highest BCUT2D eigenvalue weighted by Gasteiger charge is 2.18. The van der Waals surface area contributed by atoms with E-state index in [4.69, 9.17) is 0 Å². The quantitative estimate of drug-likeness (QED) is 0.767. The van der Waals surface area contributed by atoms with E-state index in [1.54, 1.807) is 22.7 Å². The Morgan fingerprint density at radius 2 is 2.05 bits per heavy atom. The first-order chi connectivity index (χ1) is 10.3. The van der Waals surface area contributed by atoms with Gasteiger partial charge >= 0.3 is 0 Å². The minimum absolute atomic E-state index is 0.284. The smallest absolute Gasteiger partial charge is 0.185 e. The molecule has 0 aliphatic carbocycles. The van der Waals surface area contributed by atoms with E-state index >= 15 is 0 Å². The molecule has 112 valence electrons. The third-order valence-electron chi connectivity index (χ3n) is 3.74. The van der Waals surface area contributed by atoms with Gasteiger partial charge in [0.1, 0.15) is 0 Å². The van der Waals surface area contributed by atoms with Crippen LogP contribution in [0.1, 0.15) is 22.5 Å². The zero-order valence-corrected chi connectivity index (χ0v) is 13.5. The van der Waals surface area contributed by atoms with Crippen LogP contribution in [0.25, 0.3) is 0 Å². The number of carbonyl (C=O) groups excluding carboxylic acids is 1. The van der Waals surface area contributed by atoms with Gasteiger partial charge in [-0.15, -0.1) is 22.7 Å². The molecule has 1 saturated heterocycles. The van der Waals surface area contributed by atoms with E-state index in [0.29, 0.717) is 6.42 Å². The first kappa shape index (κ1) is 14.7. The fourth-order valence-electron chi connectivity index (χ4n) is 2.56. The highest BCUT2D eigenvalue weighted by atomic mass is 32.1. The number of piperazine rings is 1. The van der Waals surface area contributed by atoms with Crippen LogP contribution in [0, 0.1) is 0 Å². The van der Waals surface area contributed by atoms with Crippen LogP contribution in [0.2, 0.25) is 0 Å². The zero-order valence-electron chi connectivity index (χ0n) is 11.9. The van der Waals surface area contributed by atoms with E-state index in [0.717, 1.165) is 49.2 Å².